The van der Waals surface area contributed by atoms with E-state index in [0.29, 0.717) is 19.0 Å². The molecule has 6 heteroatoms. The molecule has 2 unspecified atom stereocenters. The number of amides is 1. The van der Waals surface area contributed by atoms with Crippen molar-refractivity contribution >= 4 is 17.5 Å². The molecule has 1 fully saturated rings. The summed E-state index contributed by atoms with van der Waals surface area (Å²) in [6.45, 7) is 9.16. The lowest BCUT2D eigenvalue weighted by Gasteiger charge is -2.35. The topological polar surface area (TPSA) is 66.3 Å². The molecule has 0 saturated carbocycles. The molecule has 3 heterocycles. The van der Waals surface area contributed by atoms with Gasteiger partial charge in [0.15, 0.2) is 0 Å². The highest BCUT2D eigenvalue weighted by molar-refractivity contribution is 6.42. The van der Waals surface area contributed by atoms with Crippen molar-refractivity contribution < 1.29 is 9.53 Å². The number of hydrogen-bond acceptors (Lipinski definition) is 5. The minimum Gasteiger partial charge on any atom is -0.444 e. The SMILES string of the molecule is CC1=NC2NC=CC2N=C1C1CCN(C(=O)OC(C)(C)C)CC1. The fourth-order valence-electron chi connectivity index (χ4n) is 3.28. The number of ether oxygens (including phenoxy) is 1. The molecule has 0 spiro atoms. The minimum absolute atomic E-state index is 0.0700. The van der Waals surface area contributed by atoms with E-state index in [9.17, 15) is 4.79 Å². The molecule has 3 aliphatic heterocycles. The second kappa shape index (κ2) is 5.98. The van der Waals surface area contributed by atoms with Crippen molar-refractivity contribution in [3.63, 3.8) is 0 Å². The van der Waals surface area contributed by atoms with Crippen molar-refractivity contribution in [2.24, 2.45) is 15.9 Å². The molecule has 3 rings (SSSR count). The number of nitrogens with zero attached hydrogens (tertiary/aromatic N) is 3. The molecule has 0 aromatic heterocycles. The zero-order chi connectivity index (χ0) is 16.6. The van der Waals surface area contributed by atoms with Gasteiger partial charge >= 0.3 is 6.09 Å². The Labute approximate surface area is 137 Å². The molecule has 1 saturated heterocycles. The van der Waals surface area contributed by atoms with Crippen LogP contribution < -0.4 is 5.32 Å². The van der Waals surface area contributed by atoms with E-state index in [1.807, 2.05) is 33.9 Å². The van der Waals surface area contributed by atoms with Gasteiger partial charge in [-0.15, -0.1) is 0 Å². The van der Waals surface area contributed by atoms with E-state index in [2.05, 4.69) is 11.4 Å². The van der Waals surface area contributed by atoms with E-state index in [1.54, 1.807) is 4.90 Å². The Bertz CT molecular complexity index is 566. The highest BCUT2D eigenvalue weighted by Gasteiger charge is 2.33. The summed E-state index contributed by atoms with van der Waals surface area (Å²) < 4.78 is 5.45. The number of aliphatic imine (C=N–C) groups is 2. The molecule has 6 nitrogen and oxygen atoms in total. The first-order chi connectivity index (χ1) is 10.8. The summed E-state index contributed by atoms with van der Waals surface area (Å²) in [5, 5.41) is 3.21. The number of fused-ring (bicyclic) bond motifs is 1. The first-order valence-corrected chi connectivity index (χ1v) is 8.36. The molecule has 126 valence electrons. The molecule has 1 amide bonds. The second-order valence-corrected chi connectivity index (χ2v) is 7.43. The average molecular weight is 318 g/mol. The average Bonchev–Trinajstić information content (AvgIpc) is 2.92. The van der Waals surface area contributed by atoms with Gasteiger partial charge < -0.3 is 15.0 Å². The van der Waals surface area contributed by atoms with Gasteiger partial charge in [0.2, 0.25) is 0 Å². The molecule has 2 atom stereocenters. The maximum absolute atomic E-state index is 12.1. The van der Waals surface area contributed by atoms with Crippen LogP contribution in [0, 0.1) is 5.92 Å². The van der Waals surface area contributed by atoms with E-state index in [1.165, 1.54) is 0 Å². The number of hydrogen-bond donors (Lipinski definition) is 1. The van der Waals surface area contributed by atoms with Gasteiger partial charge in [0.1, 0.15) is 17.8 Å². The summed E-state index contributed by atoms with van der Waals surface area (Å²) in [7, 11) is 0. The van der Waals surface area contributed by atoms with Gasteiger partial charge in [-0.3, -0.25) is 9.98 Å². The lowest BCUT2D eigenvalue weighted by molar-refractivity contribution is 0.0202. The van der Waals surface area contributed by atoms with E-state index < -0.39 is 5.60 Å². The van der Waals surface area contributed by atoms with Gasteiger partial charge in [-0.05, 0) is 52.8 Å². The van der Waals surface area contributed by atoms with Gasteiger partial charge in [0.05, 0.1) is 11.4 Å². The van der Waals surface area contributed by atoms with E-state index in [-0.39, 0.29) is 18.3 Å². The van der Waals surface area contributed by atoms with Gasteiger partial charge in [-0.25, -0.2) is 4.79 Å². The molecular weight excluding hydrogens is 292 g/mol. The van der Waals surface area contributed by atoms with Gasteiger partial charge in [-0.2, -0.15) is 0 Å². The largest absolute Gasteiger partial charge is 0.444 e. The molecule has 1 N–H and O–H groups in total. The zero-order valence-corrected chi connectivity index (χ0v) is 14.4. The molecule has 0 bridgehead atoms. The first kappa shape index (κ1) is 16.0. The fourth-order valence-corrected chi connectivity index (χ4v) is 3.28. The number of likely N-dealkylation sites (tertiary alicyclic amines) is 1. The van der Waals surface area contributed by atoms with Crippen LogP contribution in [0.3, 0.4) is 0 Å². The van der Waals surface area contributed by atoms with Crippen molar-refractivity contribution in [3.05, 3.63) is 12.3 Å². The van der Waals surface area contributed by atoms with E-state index in [4.69, 9.17) is 14.7 Å². The van der Waals surface area contributed by atoms with E-state index >= 15 is 0 Å². The quantitative estimate of drug-likeness (QED) is 0.807. The number of carbonyl (C=O) groups excluding carboxylic acids is 1. The second-order valence-electron chi connectivity index (χ2n) is 7.43. The summed E-state index contributed by atoms with van der Waals surface area (Å²) in [4.78, 5) is 23.5. The van der Waals surface area contributed by atoms with E-state index in [0.717, 1.165) is 24.3 Å². The number of nitrogens with one attached hydrogen (secondary N) is 1. The molecule has 23 heavy (non-hydrogen) atoms. The van der Waals surface area contributed by atoms with Crippen LogP contribution in [0.1, 0.15) is 40.5 Å². The third-order valence-corrected chi connectivity index (χ3v) is 4.41. The molecule has 3 aliphatic rings. The fraction of sp³-hybridized carbons (Fsp3) is 0.706. The van der Waals surface area contributed by atoms with Crippen LogP contribution in [0.2, 0.25) is 0 Å². The summed E-state index contributed by atoms with van der Waals surface area (Å²) >= 11 is 0. The Morgan fingerprint density at radius 2 is 2.00 bits per heavy atom. The third-order valence-electron chi connectivity index (χ3n) is 4.41. The van der Waals surface area contributed by atoms with Crippen molar-refractivity contribution in [2.75, 3.05) is 13.1 Å². The van der Waals surface area contributed by atoms with Crippen molar-refractivity contribution in [1.29, 1.82) is 0 Å². The van der Waals surface area contributed by atoms with Crippen LogP contribution in [0.15, 0.2) is 22.3 Å². The van der Waals surface area contributed by atoms with Crippen LogP contribution in [-0.2, 0) is 4.74 Å². The molecular formula is C17H26N4O2. The maximum Gasteiger partial charge on any atom is 0.410 e. The Morgan fingerprint density at radius 3 is 2.65 bits per heavy atom. The van der Waals surface area contributed by atoms with Crippen molar-refractivity contribution in [2.45, 2.75) is 58.3 Å². The predicted molar refractivity (Wildman–Crippen MR) is 90.9 cm³/mol. The van der Waals surface area contributed by atoms with Crippen LogP contribution in [0.4, 0.5) is 4.79 Å². The Morgan fingerprint density at radius 1 is 1.30 bits per heavy atom. The zero-order valence-electron chi connectivity index (χ0n) is 14.4. The van der Waals surface area contributed by atoms with Crippen molar-refractivity contribution in [3.8, 4) is 0 Å². The molecule has 0 aromatic carbocycles. The Balaban J connectivity index is 1.60. The third kappa shape index (κ3) is 3.57. The molecule has 0 radical (unpaired) electrons. The minimum atomic E-state index is -0.443. The number of piperidine rings is 1. The van der Waals surface area contributed by atoms with Crippen LogP contribution in [0.25, 0.3) is 0 Å². The smallest absolute Gasteiger partial charge is 0.410 e. The molecule has 0 aromatic rings. The van der Waals surface area contributed by atoms with Gasteiger partial charge in [0, 0.05) is 19.0 Å². The monoisotopic (exact) mass is 318 g/mol. The van der Waals surface area contributed by atoms with Crippen LogP contribution >= 0.6 is 0 Å². The summed E-state index contributed by atoms with van der Waals surface area (Å²) in [5.41, 5.74) is 1.70. The lowest BCUT2D eigenvalue weighted by Crippen LogP contribution is -2.45. The van der Waals surface area contributed by atoms with Crippen molar-refractivity contribution in [1.82, 2.24) is 10.2 Å². The van der Waals surface area contributed by atoms with Crippen LogP contribution in [-0.4, -0.2) is 53.3 Å². The standard InChI is InChI=1S/C17H26N4O2/c1-11-14(20-13-5-8-18-15(13)19-11)12-6-9-21(10-7-12)16(22)23-17(2,3)4/h5,8,12-13,15,18H,6-7,9-10H2,1-4H3. The van der Waals surface area contributed by atoms with Crippen LogP contribution in [0.5, 0.6) is 0 Å². The summed E-state index contributed by atoms with van der Waals surface area (Å²) in [6, 6.07) is 0.123. The maximum atomic E-state index is 12.1. The normalized spacial score (nSPS) is 27.9. The Kier molecular flexibility index (Phi) is 4.17. The predicted octanol–water partition coefficient (Wildman–Crippen LogP) is 2.36. The highest BCUT2D eigenvalue weighted by atomic mass is 16.6. The summed E-state index contributed by atoms with van der Waals surface area (Å²) in [6.07, 6.45) is 5.69. The first-order valence-electron chi connectivity index (χ1n) is 8.36. The number of carbonyl (C=O) groups is 1. The Hall–Kier alpha value is -1.85. The number of rotatable bonds is 1. The lowest BCUT2D eigenvalue weighted by atomic mass is 9.88. The summed E-state index contributed by atoms with van der Waals surface area (Å²) in [5.74, 6) is 0.382. The highest BCUT2D eigenvalue weighted by Crippen LogP contribution is 2.25. The molecule has 0 aliphatic carbocycles. The van der Waals surface area contributed by atoms with Gasteiger partial charge in [-0.1, -0.05) is 0 Å². The van der Waals surface area contributed by atoms with Gasteiger partial charge in [0.25, 0.3) is 0 Å².